The minimum Gasteiger partial charge on any atom is -0.479 e. The van der Waals surface area contributed by atoms with Gasteiger partial charge in [0.05, 0.1) is 13.0 Å². The van der Waals surface area contributed by atoms with Crippen molar-refractivity contribution in [2.24, 2.45) is 0 Å². The summed E-state index contributed by atoms with van der Waals surface area (Å²) in [5, 5.41) is 18.6. The van der Waals surface area contributed by atoms with Crippen molar-refractivity contribution in [1.29, 1.82) is 0 Å². The number of rotatable bonds is 3. The molecule has 0 radical (unpaired) electrons. The maximum atomic E-state index is 11.6. The number of carboxylic acid groups (broad SMARTS) is 1. The first-order chi connectivity index (χ1) is 8.01. The normalized spacial score (nSPS) is 24.1. The first-order valence-electron chi connectivity index (χ1n) is 5.29. The second-order valence-electron chi connectivity index (χ2n) is 4.25. The summed E-state index contributed by atoms with van der Waals surface area (Å²) >= 11 is 0. The maximum absolute atomic E-state index is 11.6. The van der Waals surface area contributed by atoms with Crippen molar-refractivity contribution in [3.63, 3.8) is 0 Å². The summed E-state index contributed by atoms with van der Waals surface area (Å²) in [6.45, 7) is 0.172. The molecule has 1 fully saturated rings. The van der Waals surface area contributed by atoms with Gasteiger partial charge in [0, 0.05) is 6.54 Å². The molecule has 1 unspecified atom stereocenters. The molecule has 1 atom stereocenters. The third-order valence-corrected chi connectivity index (χ3v) is 2.86. The largest absolute Gasteiger partial charge is 0.479 e. The van der Waals surface area contributed by atoms with Crippen LogP contribution in [-0.4, -0.2) is 39.1 Å². The van der Waals surface area contributed by atoms with Gasteiger partial charge in [0.25, 0.3) is 0 Å². The first-order valence-corrected chi connectivity index (χ1v) is 5.29. The Morgan fingerprint density at radius 1 is 1.35 bits per heavy atom. The summed E-state index contributed by atoms with van der Waals surface area (Å²) in [6.07, 6.45) is -0.352. The quantitative estimate of drug-likeness (QED) is 0.786. The Balaban J connectivity index is 2.09. The van der Waals surface area contributed by atoms with Gasteiger partial charge in [-0.15, -0.1) is 0 Å². The Kier molecular flexibility index (Phi) is 2.85. The summed E-state index contributed by atoms with van der Waals surface area (Å²) in [7, 11) is 0. The van der Waals surface area contributed by atoms with Crippen LogP contribution in [0, 0.1) is 0 Å². The Bertz CT molecular complexity index is 445. The number of carbonyl (C=O) groups excluding carboxylic acids is 1. The van der Waals surface area contributed by atoms with E-state index < -0.39 is 11.6 Å². The number of aliphatic carboxylic acids is 1. The van der Waals surface area contributed by atoms with Crippen LogP contribution in [0.15, 0.2) is 30.3 Å². The van der Waals surface area contributed by atoms with Gasteiger partial charge in [-0.25, -0.2) is 4.79 Å². The fourth-order valence-corrected chi connectivity index (χ4v) is 1.91. The molecule has 90 valence electrons. The molecule has 1 saturated heterocycles. The summed E-state index contributed by atoms with van der Waals surface area (Å²) in [6, 6.07) is 9.26. The molecule has 1 aromatic rings. The summed E-state index contributed by atoms with van der Waals surface area (Å²) in [5.41, 5.74) is -1.03. The number of hydrogen-bond donors (Lipinski definition) is 2. The summed E-state index contributed by atoms with van der Waals surface area (Å²) in [4.78, 5) is 23.8. The van der Waals surface area contributed by atoms with Crippen molar-refractivity contribution in [2.75, 3.05) is 6.54 Å². The van der Waals surface area contributed by atoms with Crippen LogP contribution in [0.25, 0.3) is 0 Å². The third kappa shape index (κ3) is 2.29. The van der Waals surface area contributed by atoms with Crippen LogP contribution in [0.5, 0.6) is 0 Å². The highest BCUT2D eigenvalue weighted by molar-refractivity contribution is 5.90. The predicted molar refractivity (Wildman–Crippen MR) is 59.1 cm³/mol. The van der Waals surface area contributed by atoms with Crippen LogP contribution in [-0.2, 0) is 16.1 Å². The second kappa shape index (κ2) is 4.18. The Labute approximate surface area is 98.3 Å². The van der Waals surface area contributed by atoms with Gasteiger partial charge in [0.15, 0.2) is 5.60 Å². The van der Waals surface area contributed by atoms with Crippen LogP contribution in [0.1, 0.15) is 12.0 Å². The lowest BCUT2D eigenvalue weighted by Crippen LogP contribution is -2.41. The lowest BCUT2D eigenvalue weighted by atomic mass is 10.0. The fourth-order valence-electron chi connectivity index (χ4n) is 1.91. The number of β-amino-alcohol motifs (C(OH)–C–C–N with tert-alkyl or cyclic N) is 1. The van der Waals surface area contributed by atoms with Crippen LogP contribution in [0.3, 0.4) is 0 Å². The van der Waals surface area contributed by atoms with Gasteiger partial charge in [-0.3, -0.25) is 4.79 Å². The number of hydrogen-bond acceptors (Lipinski definition) is 3. The second-order valence-corrected chi connectivity index (χ2v) is 4.25. The zero-order chi connectivity index (χ0) is 12.5. The van der Waals surface area contributed by atoms with E-state index in [1.54, 1.807) is 0 Å². The van der Waals surface area contributed by atoms with Crippen molar-refractivity contribution in [1.82, 2.24) is 4.90 Å². The maximum Gasteiger partial charge on any atom is 0.338 e. The molecule has 1 aliphatic rings. The van der Waals surface area contributed by atoms with Gasteiger partial charge in [-0.05, 0) is 5.56 Å². The molecule has 0 spiro atoms. The van der Waals surface area contributed by atoms with Crippen molar-refractivity contribution in [3.05, 3.63) is 35.9 Å². The highest BCUT2D eigenvalue weighted by Crippen LogP contribution is 2.24. The third-order valence-electron chi connectivity index (χ3n) is 2.86. The summed E-state index contributed by atoms with van der Waals surface area (Å²) in [5.74, 6) is -1.68. The standard InChI is InChI=1S/C12H13NO4/c14-10-6-12(17,11(15)16)8-13(10)7-9-4-2-1-3-5-9/h1-5,17H,6-8H2,(H,15,16). The van der Waals surface area contributed by atoms with Crippen molar-refractivity contribution >= 4 is 11.9 Å². The van der Waals surface area contributed by atoms with Gasteiger partial charge in [-0.1, -0.05) is 30.3 Å². The molecule has 1 amide bonds. The van der Waals surface area contributed by atoms with Gasteiger partial charge in [0.2, 0.25) is 5.91 Å². The molecule has 17 heavy (non-hydrogen) atoms. The van der Waals surface area contributed by atoms with Crippen LogP contribution >= 0.6 is 0 Å². The van der Waals surface area contributed by atoms with E-state index in [1.165, 1.54) is 4.90 Å². The topological polar surface area (TPSA) is 77.8 Å². The molecular formula is C12H13NO4. The SMILES string of the molecule is O=C1CC(O)(C(=O)O)CN1Cc1ccccc1. The molecule has 1 aliphatic heterocycles. The number of nitrogens with zero attached hydrogens (tertiary/aromatic N) is 1. The van der Waals surface area contributed by atoms with Crippen LogP contribution < -0.4 is 0 Å². The highest BCUT2D eigenvalue weighted by Gasteiger charge is 2.47. The smallest absolute Gasteiger partial charge is 0.338 e. The molecule has 2 rings (SSSR count). The lowest BCUT2D eigenvalue weighted by molar-refractivity contribution is -0.157. The average Bonchev–Trinajstić information content (AvgIpc) is 2.57. The monoisotopic (exact) mass is 235 g/mol. The molecule has 0 bridgehead atoms. The lowest BCUT2D eigenvalue weighted by Gasteiger charge is -2.19. The van der Waals surface area contributed by atoms with Crippen molar-refractivity contribution in [3.8, 4) is 0 Å². The van der Waals surface area contributed by atoms with E-state index in [0.717, 1.165) is 5.56 Å². The van der Waals surface area contributed by atoms with Gasteiger partial charge in [0.1, 0.15) is 0 Å². The predicted octanol–water partition coefficient (Wildman–Crippen LogP) is 0.235. The number of aliphatic hydroxyl groups is 1. The zero-order valence-electron chi connectivity index (χ0n) is 9.17. The zero-order valence-corrected chi connectivity index (χ0v) is 9.17. The molecule has 0 saturated carbocycles. The number of amides is 1. The Morgan fingerprint density at radius 2 is 2.00 bits per heavy atom. The molecule has 1 aromatic carbocycles. The fraction of sp³-hybridized carbons (Fsp3) is 0.333. The first kappa shape index (κ1) is 11.6. The Hall–Kier alpha value is -1.88. The summed E-state index contributed by atoms with van der Waals surface area (Å²) < 4.78 is 0. The van der Waals surface area contributed by atoms with E-state index in [9.17, 15) is 14.7 Å². The molecule has 0 aliphatic carbocycles. The molecule has 5 nitrogen and oxygen atoms in total. The van der Waals surface area contributed by atoms with Gasteiger partial charge >= 0.3 is 5.97 Å². The molecule has 5 heteroatoms. The number of carbonyl (C=O) groups is 2. The molecule has 1 heterocycles. The number of carboxylic acids is 1. The van der Waals surface area contributed by atoms with Crippen LogP contribution in [0.4, 0.5) is 0 Å². The minimum atomic E-state index is -1.94. The van der Waals surface area contributed by atoms with Gasteiger partial charge in [-0.2, -0.15) is 0 Å². The molecular weight excluding hydrogens is 222 g/mol. The van der Waals surface area contributed by atoms with Crippen molar-refractivity contribution in [2.45, 2.75) is 18.6 Å². The van der Waals surface area contributed by atoms with E-state index in [1.807, 2.05) is 30.3 Å². The van der Waals surface area contributed by atoms with Crippen molar-refractivity contribution < 1.29 is 19.8 Å². The van der Waals surface area contributed by atoms with E-state index in [0.29, 0.717) is 6.54 Å². The van der Waals surface area contributed by atoms with Gasteiger partial charge < -0.3 is 15.1 Å². The Morgan fingerprint density at radius 3 is 2.53 bits per heavy atom. The van der Waals surface area contributed by atoms with E-state index in [-0.39, 0.29) is 18.9 Å². The molecule has 2 N–H and O–H groups in total. The average molecular weight is 235 g/mol. The van der Waals surface area contributed by atoms with E-state index >= 15 is 0 Å². The highest BCUT2D eigenvalue weighted by atomic mass is 16.4. The van der Waals surface area contributed by atoms with E-state index in [4.69, 9.17) is 5.11 Å². The number of likely N-dealkylation sites (tertiary alicyclic amines) is 1. The number of benzene rings is 1. The molecule has 0 aromatic heterocycles. The minimum absolute atomic E-state index is 0.157. The van der Waals surface area contributed by atoms with Crippen LogP contribution in [0.2, 0.25) is 0 Å². The van der Waals surface area contributed by atoms with E-state index in [2.05, 4.69) is 0 Å².